The number of allylic oxidation sites excluding steroid dienone is 1. The van der Waals surface area contributed by atoms with Crippen molar-refractivity contribution in [3.63, 3.8) is 0 Å². The van der Waals surface area contributed by atoms with Crippen LogP contribution in [0.15, 0.2) is 11.8 Å². The number of nitrogens with zero attached hydrogens (tertiary/aromatic N) is 1. The highest BCUT2D eigenvalue weighted by Crippen LogP contribution is 2.11. The van der Waals surface area contributed by atoms with Crippen LogP contribution in [0.1, 0.15) is 20.8 Å². The third-order valence-electron chi connectivity index (χ3n) is 2.58. The average Bonchev–Trinajstić information content (AvgIpc) is 2.06. The van der Waals surface area contributed by atoms with Gasteiger partial charge in [0.1, 0.15) is 0 Å². The zero-order chi connectivity index (χ0) is 10.3. The Balaban J connectivity index is 3.85. The largest absolute Gasteiger partial charge is 0.304 e. The normalized spacial score (nSPS) is 13.1. The van der Waals surface area contributed by atoms with Crippen molar-refractivity contribution in [3.8, 4) is 0 Å². The van der Waals surface area contributed by atoms with E-state index >= 15 is 0 Å². The molecule has 0 heterocycles. The molecule has 0 atom stereocenters. The molecule has 0 aliphatic rings. The number of hydrogen-bond donors (Lipinski definition) is 0. The van der Waals surface area contributed by atoms with Gasteiger partial charge in [0, 0.05) is 0 Å². The summed E-state index contributed by atoms with van der Waals surface area (Å²) in [4.78, 5) is 2.51. The van der Waals surface area contributed by atoms with E-state index in [-0.39, 0.29) is 0 Å². The van der Waals surface area contributed by atoms with E-state index in [0.29, 0.717) is 0 Å². The van der Waals surface area contributed by atoms with Crippen LogP contribution in [0.5, 0.6) is 0 Å². The van der Waals surface area contributed by atoms with Crippen molar-refractivity contribution < 1.29 is 0 Å². The monoisotopic (exact) mass is 199 g/mol. The van der Waals surface area contributed by atoms with Crippen molar-refractivity contribution in [3.05, 3.63) is 11.8 Å². The molecule has 78 valence electrons. The van der Waals surface area contributed by atoms with Gasteiger partial charge in [0.15, 0.2) is 0 Å². The van der Waals surface area contributed by atoms with Gasteiger partial charge in [0.25, 0.3) is 0 Å². The van der Waals surface area contributed by atoms with E-state index in [4.69, 9.17) is 0 Å². The smallest absolute Gasteiger partial charge is 0.0725 e. The minimum absolute atomic E-state index is 1.02. The highest BCUT2D eigenvalue weighted by atomic mass is 28.3. The Morgan fingerprint density at radius 2 is 1.69 bits per heavy atom. The summed E-state index contributed by atoms with van der Waals surface area (Å²) in [6.07, 6.45) is 2.22. The van der Waals surface area contributed by atoms with Crippen molar-refractivity contribution in [2.24, 2.45) is 0 Å². The van der Waals surface area contributed by atoms with Gasteiger partial charge >= 0.3 is 0 Å². The van der Waals surface area contributed by atoms with Gasteiger partial charge in [0.05, 0.1) is 8.07 Å². The van der Waals surface area contributed by atoms with Gasteiger partial charge < -0.3 is 4.90 Å². The minimum atomic E-state index is -1.02. The van der Waals surface area contributed by atoms with E-state index in [1.807, 2.05) is 0 Å². The summed E-state index contributed by atoms with van der Waals surface area (Å²) < 4.78 is 0. The molecule has 0 bridgehead atoms. The molecular weight excluding hydrogens is 174 g/mol. The van der Waals surface area contributed by atoms with Crippen LogP contribution in [0.2, 0.25) is 19.1 Å². The van der Waals surface area contributed by atoms with Crippen LogP contribution < -0.4 is 0 Å². The molecule has 0 aromatic carbocycles. The van der Waals surface area contributed by atoms with Gasteiger partial charge in [-0.2, -0.15) is 0 Å². The topological polar surface area (TPSA) is 3.24 Å². The first-order valence-electron chi connectivity index (χ1n) is 5.42. The zero-order valence-electron chi connectivity index (χ0n) is 9.93. The van der Waals surface area contributed by atoms with E-state index in [2.05, 4.69) is 50.5 Å². The summed E-state index contributed by atoms with van der Waals surface area (Å²) in [6.45, 7) is 15.2. The maximum atomic E-state index is 2.51. The highest BCUT2D eigenvalue weighted by molar-refractivity contribution is 6.82. The standard InChI is InChI=1S/C11H25NSi/c1-6-10-13(4,5)11-9-12(7-2)8-3/h6,10H,7-9,11H2,1-5H3. The van der Waals surface area contributed by atoms with Crippen LogP contribution in [0, 0.1) is 0 Å². The van der Waals surface area contributed by atoms with Crippen LogP contribution in [-0.2, 0) is 0 Å². The molecule has 0 aliphatic carbocycles. The molecule has 1 nitrogen and oxygen atoms in total. The molecule has 0 saturated heterocycles. The number of hydrogen-bond acceptors (Lipinski definition) is 1. The van der Waals surface area contributed by atoms with E-state index < -0.39 is 8.07 Å². The molecular formula is C11H25NSi. The fraction of sp³-hybridized carbons (Fsp3) is 0.818. The third kappa shape index (κ3) is 6.05. The summed E-state index contributed by atoms with van der Waals surface area (Å²) in [5, 5.41) is 0. The van der Waals surface area contributed by atoms with E-state index in [1.54, 1.807) is 0 Å². The van der Waals surface area contributed by atoms with Gasteiger partial charge in [0.2, 0.25) is 0 Å². The van der Waals surface area contributed by atoms with Crippen LogP contribution in [0.4, 0.5) is 0 Å². The molecule has 0 radical (unpaired) electrons. The van der Waals surface area contributed by atoms with E-state index in [9.17, 15) is 0 Å². The van der Waals surface area contributed by atoms with Gasteiger partial charge in [-0.05, 0) is 32.6 Å². The van der Waals surface area contributed by atoms with Crippen LogP contribution in [0.3, 0.4) is 0 Å². The molecule has 0 aromatic rings. The molecule has 0 spiro atoms. The first-order valence-corrected chi connectivity index (χ1v) is 8.70. The molecule has 2 heteroatoms. The predicted molar refractivity (Wildman–Crippen MR) is 64.9 cm³/mol. The molecule has 0 amide bonds. The molecule has 0 aromatic heterocycles. The molecule has 0 fully saturated rings. The maximum Gasteiger partial charge on any atom is 0.0725 e. The Bertz CT molecular complexity index is 148. The Morgan fingerprint density at radius 1 is 1.15 bits per heavy atom. The minimum Gasteiger partial charge on any atom is -0.304 e. The second-order valence-corrected chi connectivity index (χ2v) is 9.08. The quantitative estimate of drug-likeness (QED) is 0.594. The van der Waals surface area contributed by atoms with Crippen molar-refractivity contribution in [2.45, 2.75) is 39.9 Å². The van der Waals surface area contributed by atoms with Gasteiger partial charge in [-0.1, -0.05) is 38.7 Å². The van der Waals surface area contributed by atoms with E-state index in [0.717, 1.165) is 0 Å². The summed E-state index contributed by atoms with van der Waals surface area (Å²) in [5.74, 6) is 0. The van der Waals surface area contributed by atoms with E-state index in [1.165, 1.54) is 25.7 Å². The summed E-state index contributed by atoms with van der Waals surface area (Å²) in [7, 11) is -1.02. The molecule has 13 heavy (non-hydrogen) atoms. The molecule has 0 rings (SSSR count). The Labute approximate surface area is 84.8 Å². The van der Waals surface area contributed by atoms with Crippen molar-refractivity contribution >= 4 is 8.07 Å². The Hall–Kier alpha value is -0.0831. The molecule has 0 saturated carbocycles. The van der Waals surface area contributed by atoms with Crippen LogP contribution in [0.25, 0.3) is 0 Å². The van der Waals surface area contributed by atoms with Crippen molar-refractivity contribution in [2.75, 3.05) is 19.6 Å². The van der Waals surface area contributed by atoms with Gasteiger partial charge in [-0.15, -0.1) is 0 Å². The third-order valence-corrected chi connectivity index (χ3v) is 5.33. The predicted octanol–water partition coefficient (Wildman–Crippen LogP) is 3.15. The van der Waals surface area contributed by atoms with Crippen molar-refractivity contribution in [1.82, 2.24) is 4.90 Å². The summed E-state index contributed by atoms with van der Waals surface area (Å²) in [6, 6.07) is 1.39. The maximum absolute atomic E-state index is 2.51. The lowest BCUT2D eigenvalue weighted by Crippen LogP contribution is -2.32. The first-order chi connectivity index (χ1) is 6.05. The second kappa shape index (κ2) is 6.38. The number of rotatable bonds is 6. The average molecular weight is 199 g/mol. The lowest BCUT2D eigenvalue weighted by atomic mass is 10.5. The van der Waals surface area contributed by atoms with Gasteiger partial charge in [-0.3, -0.25) is 0 Å². The molecule has 0 N–H and O–H groups in total. The SMILES string of the molecule is CC=C[Si](C)(C)CCN(CC)CC. The highest BCUT2D eigenvalue weighted by Gasteiger charge is 2.16. The van der Waals surface area contributed by atoms with Crippen LogP contribution >= 0.6 is 0 Å². The fourth-order valence-corrected chi connectivity index (χ4v) is 3.48. The summed E-state index contributed by atoms with van der Waals surface area (Å²) >= 11 is 0. The Morgan fingerprint density at radius 3 is 2.08 bits per heavy atom. The molecule has 0 aliphatic heterocycles. The first kappa shape index (κ1) is 12.9. The lowest BCUT2D eigenvalue weighted by molar-refractivity contribution is 0.320. The second-order valence-electron chi connectivity index (χ2n) is 4.27. The molecule has 0 unspecified atom stereocenters. The lowest BCUT2D eigenvalue weighted by Gasteiger charge is -2.24. The van der Waals surface area contributed by atoms with Gasteiger partial charge in [-0.25, -0.2) is 0 Å². The summed E-state index contributed by atoms with van der Waals surface area (Å²) in [5.41, 5.74) is 2.44. The van der Waals surface area contributed by atoms with Crippen LogP contribution in [-0.4, -0.2) is 32.6 Å². The fourth-order valence-electron chi connectivity index (χ4n) is 1.52. The zero-order valence-corrected chi connectivity index (χ0v) is 10.9. The van der Waals surface area contributed by atoms with Crippen molar-refractivity contribution in [1.29, 1.82) is 0 Å². The Kier molecular flexibility index (Phi) is 6.34.